The van der Waals surface area contributed by atoms with E-state index >= 15 is 0 Å². The van der Waals surface area contributed by atoms with Gasteiger partial charge in [-0.25, -0.2) is 4.90 Å². The maximum Gasteiger partial charge on any atom is 0.234 e. The van der Waals surface area contributed by atoms with E-state index in [-0.39, 0.29) is 0 Å². The van der Waals surface area contributed by atoms with Crippen molar-refractivity contribution in [2.75, 3.05) is 51.4 Å². The Kier molecular flexibility index (Phi) is 5.88. The number of hydrogen-bond acceptors (Lipinski definition) is 6. The van der Waals surface area contributed by atoms with Crippen molar-refractivity contribution in [1.29, 1.82) is 0 Å². The van der Waals surface area contributed by atoms with Gasteiger partial charge in [0.15, 0.2) is 0 Å². The first-order valence-electron chi connectivity index (χ1n) is 5.14. The van der Waals surface area contributed by atoms with Crippen molar-refractivity contribution in [3.63, 3.8) is 0 Å². The molecule has 0 atom stereocenters. The Hall–Kier alpha value is 0.150. The van der Waals surface area contributed by atoms with E-state index in [2.05, 4.69) is 5.32 Å². The third-order valence-corrected chi connectivity index (χ3v) is 3.41. The Morgan fingerprint density at radius 2 is 2.27 bits per heavy atom. The molecule has 0 radical (unpaired) electrons. The van der Waals surface area contributed by atoms with E-state index in [1.54, 1.807) is 23.8 Å². The van der Waals surface area contributed by atoms with Crippen LogP contribution in [0.1, 0.15) is 0 Å². The molecule has 5 nitrogen and oxygen atoms in total. The van der Waals surface area contributed by atoms with Crippen LogP contribution in [0.15, 0.2) is 0 Å². The molecule has 0 saturated carbocycles. The van der Waals surface area contributed by atoms with Gasteiger partial charge in [0.05, 0.1) is 12.4 Å². The molecular weight excluding hydrogens is 216 g/mol. The number of thioether (sulfide) groups is 1. The molecule has 0 aliphatic carbocycles. The largest absolute Gasteiger partial charge is 0.383 e. The molecule has 1 aliphatic rings. The summed E-state index contributed by atoms with van der Waals surface area (Å²) in [5, 5.41) is 22.5. The van der Waals surface area contributed by atoms with Gasteiger partial charge in [-0.05, 0) is 0 Å². The van der Waals surface area contributed by atoms with Crippen molar-refractivity contribution in [2.45, 2.75) is 5.91 Å². The Morgan fingerprint density at radius 3 is 2.93 bits per heavy atom. The number of hydrogen-bond donors (Lipinski definition) is 3. The maximum atomic E-state index is 9.65. The number of aliphatic hydroxyl groups is 2. The lowest BCUT2D eigenvalue weighted by atomic mass is 10.4. The molecule has 3 N–H and O–H groups in total. The van der Waals surface area contributed by atoms with Gasteiger partial charge in [0.2, 0.25) is 5.91 Å². The van der Waals surface area contributed by atoms with E-state index < -0.39 is 5.91 Å². The standard InChI is InChI=1S/C9H20N2O3S/c1-14-6-3-10-2-4-11-5-7-15-8-9(11,12)13/h10,12-13H,2-8H2,1H3. The first kappa shape index (κ1) is 13.2. The summed E-state index contributed by atoms with van der Waals surface area (Å²) in [6, 6.07) is 0. The minimum Gasteiger partial charge on any atom is -0.383 e. The summed E-state index contributed by atoms with van der Waals surface area (Å²) < 4.78 is 4.90. The molecule has 0 amide bonds. The van der Waals surface area contributed by atoms with Crippen LogP contribution >= 0.6 is 11.8 Å². The molecule has 0 aromatic heterocycles. The van der Waals surface area contributed by atoms with Crippen LogP contribution in [0.3, 0.4) is 0 Å². The predicted octanol–water partition coefficient (Wildman–Crippen LogP) is -1.09. The Morgan fingerprint density at radius 1 is 1.47 bits per heavy atom. The zero-order chi connectivity index (χ0) is 11.1. The third kappa shape index (κ3) is 4.67. The fourth-order valence-corrected chi connectivity index (χ4v) is 2.41. The van der Waals surface area contributed by atoms with Crippen LogP contribution in [0.25, 0.3) is 0 Å². The van der Waals surface area contributed by atoms with Gasteiger partial charge >= 0.3 is 0 Å². The third-order valence-electron chi connectivity index (χ3n) is 2.35. The summed E-state index contributed by atoms with van der Waals surface area (Å²) in [5.74, 6) is -0.308. The van der Waals surface area contributed by atoms with Crippen LogP contribution in [0.5, 0.6) is 0 Å². The molecule has 0 spiro atoms. The zero-order valence-electron chi connectivity index (χ0n) is 9.11. The van der Waals surface area contributed by atoms with Crippen molar-refractivity contribution in [3.05, 3.63) is 0 Å². The summed E-state index contributed by atoms with van der Waals surface area (Å²) in [6.07, 6.45) is 0. The Bertz CT molecular complexity index is 181. The van der Waals surface area contributed by atoms with E-state index in [1.165, 1.54) is 0 Å². The van der Waals surface area contributed by atoms with Crippen molar-refractivity contribution in [1.82, 2.24) is 10.2 Å². The lowest BCUT2D eigenvalue weighted by Gasteiger charge is -2.38. The van der Waals surface area contributed by atoms with Crippen LogP contribution in [-0.4, -0.2) is 72.4 Å². The molecule has 1 aliphatic heterocycles. The predicted molar refractivity (Wildman–Crippen MR) is 60.8 cm³/mol. The summed E-state index contributed by atoms with van der Waals surface area (Å²) in [6.45, 7) is 3.60. The summed E-state index contributed by atoms with van der Waals surface area (Å²) in [4.78, 5) is 1.70. The summed E-state index contributed by atoms with van der Waals surface area (Å²) in [7, 11) is 1.66. The van der Waals surface area contributed by atoms with Gasteiger partial charge in [0.1, 0.15) is 0 Å². The highest BCUT2D eigenvalue weighted by Crippen LogP contribution is 2.21. The molecule has 0 aromatic rings. The topological polar surface area (TPSA) is 65.0 Å². The van der Waals surface area contributed by atoms with E-state index in [0.29, 0.717) is 18.9 Å². The number of ether oxygens (including phenoxy) is 1. The molecule has 1 heterocycles. The number of nitrogens with zero attached hydrogens (tertiary/aromatic N) is 1. The SMILES string of the molecule is COCCNCCN1CCSCC1(O)O. The Balaban J connectivity index is 2.13. The van der Waals surface area contributed by atoms with E-state index in [1.807, 2.05) is 0 Å². The molecule has 15 heavy (non-hydrogen) atoms. The van der Waals surface area contributed by atoms with E-state index in [4.69, 9.17) is 4.74 Å². The van der Waals surface area contributed by atoms with Crippen LogP contribution in [0, 0.1) is 0 Å². The average Bonchev–Trinajstić information content (AvgIpc) is 2.19. The molecule has 0 bridgehead atoms. The maximum absolute atomic E-state index is 9.65. The van der Waals surface area contributed by atoms with Crippen molar-refractivity contribution >= 4 is 11.8 Å². The van der Waals surface area contributed by atoms with Crippen molar-refractivity contribution < 1.29 is 14.9 Å². The molecule has 1 saturated heterocycles. The first-order chi connectivity index (χ1) is 7.17. The molecule has 1 rings (SSSR count). The lowest BCUT2D eigenvalue weighted by Crippen LogP contribution is -2.56. The highest BCUT2D eigenvalue weighted by Gasteiger charge is 2.34. The fourth-order valence-electron chi connectivity index (χ4n) is 1.46. The number of rotatable bonds is 6. The highest BCUT2D eigenvalue weighted by atomic mass is 32.2. The molecule has 90 valence electrons. The average molecular weight is 236 g/mol. The summed E-state index contributed by atoms with van der Waals surface area (Å²) in [5.41, 5.74) is 0. The first-order valence-corrected chi connectivity index (χ1v) is 6.29. The van der Waals surface area contributed by atoms with E-state index in [9.17, 15) is 10.2 Å². The summed E-state index contributed by atoms with van der Waals surface area (Å²) >= 11 is 1.57. The second-order valence-electron chi connectivity index (χ2n) is 3.56. The molecule has 0 unspecified atom stereocenters. The quantitative estimate of drug-likeness (QED) is 0.402. The van der Waals surface area contributed by atoms with Gasteiger partial charge in [0.25, 0.3) is 0 Å². The Labute approximate surface area is 94.8 Å². The van der Waals surface area contributed by atoms with Gasteiger partial charge in [0, 0.05) is 39.0 Å². The van der Waals surface area contributed by atoms with Gasteiger partial charge in [-0.2, -0.15) is 11.8 Å². The minimum absolute atomic E-state index is 0.366. The second kappa shape index (κ2) is 6.67. The molecule has 6 heteroatoms. The van der Waals surface area contributed by atoms with Crippen molar-refractivity contribution in [3.8, 4) is 0 Å². The zero-order valence-corrected chi connectivity index (χ0v) is 9.92. The van der Waals surface area contributed by atoms with Gasteiger partial charge in [-0.3, -0.25) is 0 Å². The smallest absolute Gasteiger partial charge is 0.234 e. The number of nitrogens with one attached hydrogen (secondary N) is 1. The van der Waals surface area contributed by atoms with Gasteiger partial charge < -0.3 is 20.3 Å². The van der Waals surface area contributed by atoms with Crippen LogP contribution < -0.4 is 5.32 Å². The second-order valence-corrected chi connectivity index (χ2v) is 4.66. The number of methoxy groups -OCH3 is 1. The molecular formula is C9H20N2O3S. The van der Waals surface area contributed by atoms with Crippen LogP contribution in [0.4, 0.5) is 0 Å². The fraction of sp³-hybridized carbons (Fsp3) is 1.00. The molecule has 0 aromatic carbocycles. The lowest BCUT2D eigenvalue weighted by molar-refractivity contribution is -0.246. The minimum atomic E-state index is -1.63. The molecule has 1 fully saturated rings. The van der Waals surface area contributed by atoms with E-state index in [0.717, 1.165) is 25.4 Å². The van der Waals surface area contributed by atoms with Gasteiger partial charge in [-0.1, -0.05) is 0 Å². The monoisotopic (exact) mass is 236 g/mol. The van der Waals surface area contributed by atoms with Crippen LogP contribution in [-0.2, 0) is 4.74 Å². The van der Waals surface area contributed by atoms with Gasteiger partial charge in [-0.15, -0.1) is 0 Å². The van der Waals surface area contributed by atoms with Crippen LogP contribution in [0.2, 0.25) is 0 Å². The highest BCUT2D eigenvalue weighted by molar-refractivity contribution is 7.99. The van der Waals surface area contributed by atoms with Crippen molar-refractivity contribution in [2.24, 2.45) is 0 Å². The normalized spacial score (nSPS) is 21.8.